The lowest BCUT2D eigenvalue weighted by Crippen LogP contribution is -2.40. The summed E-state index contributed by atoms with van der Waals surface area (Å²) in [6.07, 6.45) is 3.38. The van der Waals surface area contributed by atoms with Gasteiger partial charge in [-0.1, -0.05) is 18.2 Å². The molecule has 0 radical (unpaired) electrons. The maximum atomic E-state index is 13.0. The molecule has 4 nitrogen and oxygen atoms in total. The normalized spacial score (nSPS) is 25.5. The minimum atomic E-state index is -3.47. The van der Waals surface area contributed by atoms with Crippen LogP contribution in [0.3, 0.4) is 0 Å². The number of nitrogens with one attached hydrogen (secondary N) is 1. The Morgan fingerprint density at radius 2 is 1.80 bits per heavy atom. The highest BCUT2D eigenvalue weighted by Crippen LogP contribution is 2.47. The number of likely N-dealkylation sites (N-methyl/N-ethyl adjacent to an activating group) is 1. The quantitative estimate of drug-likeness (QED) is 0.918. The van der Waals surface area contributed by atoms with Gasteiger partial charge in [0.1, 0.15) is 0 Å². The van der Waals surface area contributed by atoms with Crippen LogP contribution in [0.15, 0.2) is 58.3 Å². The van der Waals surface area contributed by atoms with Crippen LogP contribution in [-0.4, -0.2) is 34.6 Å². The minimum absolute atomic E-state index is 0.356. The van der Waals surface area contributed by atoms with E-state index in [4.69, 9.17) is 0 Å². The lowest BCUT2D eigenvalue weighted by atomic mass is 9.80. The third kappa shape index (κ3) is 2.66. The Labute approximate surface area is 149 Å². The third-order valence-electron chi connectivity index (χ3n) is 5.86. The molecule has 0 spiro atoms. The molecule has 0 bridgehead atoms. The van der Waals surface area contributed by atoms with Crippen molar-refractivity contribution in [2.45, 2.75) is 47.1 Å². The fourth-order valence-electron chi connectivity index (χ4n) is 4.45. The summed E-state index contributed by atoms with van der Waals surface area (Å²) < 4.78 is 25.9. The summed E-state index contributed by atoms with van der Waals surface area (Å²) in [6.45, 7) is 0. The van der Waals surface area contributed by atoms with Gasteiger partial charge in [0.2, 0.25) is 9.84 Å². The van der Waals surface area contributed by atoms with E-state index in [1.165, 1.54) is 17.7 Å². The lowest BCUT2D eigenvalue weighted by molar-refractivity contribution is 0.326. The van der Waals surface area contributed by atoms with Gasteiger partial charge in [-0.2, -0.15) is 0 Å². The van der Waals surface area contributed by atoms with Gasteiger partial charge in [-0.05, 0) is 62.2 Å². The van der Waals surface area contributed by atoms with Crippen LogP contribution in [0.1, 0.15) is 30.7 Å². The van der Waals surface area contributed by atoms with Crippen LogP contribution >= 0.6 is 0 Å². The highest BCUT2D eigenvalue weighted by Gasteiger charge is 2.41. The number of fused-ring (bicyclic) bond motifs is 3. The summed E-state index contributed by atoms with van der Waals surface area (Å²) in [7, 11) is 0.679. The molecule has 5 heteroatoms. The van der Waals surface area contributed by atoms with Gasteiger partial charge in [-0.3, -0.25) is 0 Å². The molecule has 132 valence electrons. The lowest BCUT2D eigenvalue weighted by Gasteiger charge is -2.35. The van der Waals surface area contributed by atoms with Crippen LogP contribution in [0.2, 0.25) is 0 Å². The second-order valence-electron chi connectivity index (χ2n) is 7.12. The number of hydrogen-bond donors (Lipinski definition) is 1. The van der Waals surface area contributed by atoms with E-state index in [1.807, 2.05) is 25.2 Å². The predicted octanol–water partition coefficient (Wildman–Crippen LogP) is 3.19. The van der Waals surface area contributed by atoms with E-state index >= 15 is 0 Å². The summed E-state index contributed by atoms with van der Waals surface area (Å²) in [5.41, 5.74) is 2.36. The van der Waals surface area contributed by atoms with Gasteiger partial charge in [-0.25, -0.2) is 8.42 Å². The molecule has 4 rings (SSSR count). The number of nitrogens with zero attached hydrogens (tertiary/aromatic N) is 1. The first-order valence-corrected chi connectivity index (χ1v) is 10.3. The van der Waals surface area contributed by atoms with Crippen molar-refractivity contribution in [2.75, 3.05) is 19.0 Å². The van der Waals surface area contributed by atoms with Gasteiger partial charge in [0.15, 0.2) is 0 Å². The molecular weight excluding hydrogens is 332 g/mol. The maximum absolute atomic E-state index is 13.0. The van der Waals surface area contributed by atoms with E-state index in [1.54, 1.807) is 30.3 Å². The standard InChI is InChI=1S/C20H24N2O2S/c1-21-14-8-10-19-17(12-14)18-13-16(9-11-20(18)22(19)2)25(23,24)15-6-4-3-5-7-15/h3-7,9,11,13-14,17,19,21H,8,10,12H2,1-2H3/t14-,17?,19?/m1/s1. The second kappa shape index (κ2) is 6.15. The Balaban J connectivity index is 1.76. The van der Waals surface area contributed by atoms with Crippen LogP contribution in [0, 0.1) is 0 Å². The van der Waals surface area contributed by atoms with Crippen LogP contribution in [-0.2, 0) is 9.84 Å². The zero-order valence-electron chi connectivity index (χ0n) is 14.6. The van der Waals surface area contributed by atoms with Crippen LogP contribution < -0.4 is 10.2 Å². The Hall–Kier alpha value is -1.85. The van der Waals surface area contributed by atoms with Crippen LogP contribution in [0.5, 0.6) is 0 Å². The third-order valence-corrected chi connectivity index (χ3v) is 7.63. The van der Waals surface area contributed by atoms with Gasteiger partial charge in [0.05, 0.1) is 9.79 Å². The SMILES string of the molecule is CN[C@@H]1CCC2C(C1)c1cc(S(=O)(=O)c3ccccc3)ccc1N2C. The molecule has 2 aromatic rings. The molecule has 0 aromatic heterocycles. The predicted molar refractivity (Wildman–Crippen MR) is 100.0 cm³/mol. The summed E-state index contributed by atoms with van der Waals surface area (Å²) in [4.78, 5) is 3.10. The number of sulfone groups is 1. The number of rotatable bonds is 3. The van der Waals surface area contributed by atoms with Crippen molar-refractivity contribution >= 4 is 15.5 Å². The molecule has 3 atom stereocenters. The molecule has 1 aliphatic carbocycles. The Morgan fingerprint density at radius 3 is 2.52 bits per heavy atom. The van der Waals surface area contributed by atoms with E-state index in [2.05, 4.69) is 17.3 Å². The van der Waals surface area contributed by atoms with Crippen molar-refractivity contribution < 1.29 is 8.42 Å². The van der Waals surface area contributed by atoms with Gasteiger partial charge in [-0.15, -0.1) is 0 Å². The van der Waals surface area contributed by atoms with Crippen molar-refractivity contribution in [1.29, 1.82) is 0 Å². The molecule has 1 aliphatic heterocycles. The van der Waals surface area contributed by atoms with Gasteiger partial charge >= 0.3 is 0 Å². The van der Waals surface area contributed by atoms with E-state index in [9.17, 15) is 8.42 Å². The van der Waals surface area contributed by atoms with Crippen molar-refractivity contribution in [2.24, 2.45) is 0 Å². The van der Waals surface area contributed by atoms with Crippen molar-refractivity contribution in [3.63, 3.8) is 0 Å². The summed E-state index contributed by atoms with van der Waals surface area (Å²) in [5.74, 6) is 0.400. The smallest absolute Gasteiger partial charge is 0.206 e. The maximum Gasteiger partial charge on any atom is 0.206 e. The molecule has 0 saturated heterocycles. The Bertz CT molecular complexity index is 880. The largest absolute Gasteiger partial charge is 0.371 e. The van der Waals surface area contributed by atoms with Gasteiger partial charge in [0, 0.05) is 30.7 Å². The van der Waals surface area contributed by atoms with Crippen molar-refractivity contribution in [3.8, 4) is 0 Å². The van der Waals surface area contributed by atoms with E-state index < -0.39 is 9.84 Å². The van der Waals surface area contributed by atoms with E-state index in [0.29, 0.717) is 27.8 Å². The molecule has 1 fully saturated rings. The van der Waals surface area contributed by atoms with Gasteiger partial charge in [0.25, 0.3) is 0 Å². The second-order valence-corrected chi connectivity index (χ2v) is 9.07. The van der Waals surface area contributed by atoms with Gasteiger partial charge < -0.3 is 10.2 Å². The first kappa shape index (κ1) is 16.6. The Morgan fingerprint density at radius 1 is 1.04 bits per heavy atom. The fraction of sp³-hybridized carbons (Fsp3) is 0.400. The average Bonchev–Trinajstić information content (AvgIpc) is 2.94. The van der Waals surface area contributed by atoms with E-state index in [0.717, 1.165) is 12.8 Å². The molecule has 25 heavy (non-hydrogen) atoms. The molecule has 2 unspecified atom stereocenters. The molecule has 1 N–H and O–H groups in total. The highest BCUT2D eigenvalue weighted by atomic mass is 32.2. The number of anilines is 1. The summed E-state index contributed by atoms with van der Waals surface area (Å²) in [5, 5.41) is 3.40. The molecule has 1 heterocycles. The minimum Gasteiger partial charge on any atom is -0.371 e. The van der Waals surface area contributed by atoms with Crippen molar-refractivity contribution in [3.05, 3.63) is 54.1 Å². The first-order chi connectivity index (χ1) is 12.0. The van der Waals surface area contributed by atoms with Crippen LogP contribution in [0.25, 0.3) is 0 Å². The number of hydrogen-bond acceptors (Lipinski definition) is 4. The molecular formula is C20H24N2O2S. The Kier molecular flexibility index (Phi) is 4.08. The fourth-order valence-corrected chi connectivity index (χ4v) is 5.76. The molecule has 2 aliphatic rings. The highest BCUT2D eigenvalue weighted by molar-refractivity contribution is 7.91. The molecule has 1 saturated carbocycles. The van der Waals surface area contributed by atoms with E-state index in [-0.39, 0.29) is 0 Å². The van der Waals surface area contributed by atoms with Crippen LogP contribution in [0.4, 0.5) is 5.69 Å². The molecule has 2 aromatic carbocycles. The average molecular weight is 356 g/mol. The summed E-state index contributed by atoms with van der Waals surface area (Å²) >= 11 is 0. The van der Waals surface area contributed by atoms with Crippen molar-refractivity contribution in [1.82, 2.24) is 5.32 Å². The first-order valence-electron chi connectivity index (χ1n) is 8.86. The zero-order chi connectivity index (χ0) is 17.6. The monoisotopic (exact) mass is 356 g/mol. The molecule has 0 amide bonds. The topological polar surface area (TPSA) is 49.4 Å². The number of benzene rings is 2. The summed E-state index contributed by atoms with van der Waals surface area (Å²) in [6, 6.07) is 15.3. The zero-order valence-corrected chi connectivity index (χ0v) is 15.5.